The van der Waals surface area contributed by atoms with Gasteiger partial charge in [0.05, 0.1) is 0 Å². The Labute approximate surface area is 81.8 Å². The smallest absolute Gasteiger partial charge is 0.303 e. The van der Waals surface area contributed by atoms with Crippen molar-refractivity contribution >= 4 is 0 Å². The van der Waals surface area contributed by atoms with Crippen LogP contribution in [0.1, 0.15) is 19.3 Å². The molecule has 0 radical (unpaired) electrons. The summed E-state index contributed by atoms with van der Waals surface area (Å²) in [6, 6.07) is 1.44. The lowest BCUT2D eigenvalue weighted by molar-refractivity contribution is 0.536. The fourth-order valence-electron chi connectivity index (χ4n) is 1.54. The molecule has 4 nitrogen and oxygen atoms in total. The quantitative estimate of drug-likeness (QED) is 0.696. The van der Waals surface area contributed by atoms with Gasteiger partial charge in [-0.3, -0.25) is 9.36 Å². The van der Waals surface area contributed by atoms with Crippen molar-refractivity contribution in [2.75, 3.05) is 0 Å². The minimum absolute atomic E-state index is 0.186. The summed E-state index contributed by atoms with van der Waals surface area (Å²) in [5.74, 6) is 0.742. The second-order valence-electron chi connectivity index (χ2n) is 3.93. The van der Waals surface area contributed by atoms with Crippen LogP contribution in [-0.4, -0.2) is 9.13 Å². The SMILES string of the molecule is Cn1ccc(=O)n(CCC2CC2)c1=O. The van der Waals surface area contributed by atoms with E-state index >= 15 is 0 Å². The number of rotatable bonds is 3. The Morgan fingerprint density at radius 3 is 2.79 bits per heavy atom. The molecule has 1 fully saturated rings. The molecule has 0 N–H and O–H groups in total. The normalized spacial score (nSPS) is 15.8. The lowest BCUT2D eigenvalue weighted by atomic mass is 10.3. The fourth-order valence-corrected chi connectivity index (χ4v) is 1.54. The molecule has 76 valence electrons. The fraction of sp³-hybridized carbons (Fsp3) is 0.600. The van der Waals surface area contributed by atoms with Crippen molar-refractivity contribution < 1.29 is 0 Å². The van der Waals surface area contributed by atoms with E-state index in [1.807, 2.05) is 0 Å². The van der Waals surface area contributed by atoms with Crippen LogP contribution in [-0.2, 0) is 13.6 Å². The summed E-state index contributed by atoms with van der Waals surface area (Å²) in [7, 11) is 1.66. The van der Waals surface area contributed by atoms with E-state index in [0.29, 0.717) is 6.54 Å². The maximum atomic E-state index is 11.5. The molecule has 0 spiro atoms. The molecule has 14 heavy (non-hydrogen) atoms. The van der Waals surface area contributed by atoms with Crippen LogP contribution in [0.3, 0.4) is 0 Å². The van der Waals surface area contributed by atoms with Crippen molar-refractivity contribution in [3.63, 3.8) is 0 Å². The molecule has 1 aromatic rings. The van der Waals surface area contributed by atoms with Crippen molar-refractivity contribution in [1.29, 1.82) is 0 Å². The van der Waals surface area contributed by atoms with Crippen molar-refractivity contribution in [2.24, 2.45) is 13.0 Å². The van der Waals surface area contributed by atoms with Crippen LogP contribution in [0.15, 0.2) is 21.9 Å². The van der Waals surface area contributed by atoms with Gasteiger partial charge in [0.1, 0.15) is 0 Å². The van der Waals surface area contributed by atoms with E-state index in [2.05, 4.69) is 0 Å². The Morgan fingerprint density at radius 1 is 1.43 bits per heavy atom. The molecule has 0 saturated heterocycles. The van der Waals surface area contributed by atoms with Gasteiger partial charge in [-0.15, -0.1) is 0 Å². The van der Waals surface area contributed by atoms with Gasteiger partial charge in [0.2, 0.25) is 0 Å². The molecular formula is C10H14N2O2. The third kappa shape index (κ3) is 1.78. The highest BCUT2D eigenvalue weighted by molar-refractivity contribution is 4.86. The third-order valence-electron chi connectivity index (χ3n) is 2.70. The Hall–Kier alpha value is -1.32. The van der Waals surface area contributed by atoms with Gasteiger partial charge in [-0.2, -0.15) is 0 Å². The van der Waals surface area contributed by atoms with E-state index in [0.717, 1.165) is 12.3 Å². The second kappa shape index (κ2) is 3.44. The molecule has 0 unspecified atom stereocenters. The van der Waals surface area contributed by atoms with Gasteiger partial charge < -0.3 is 4.57 Å². The maximum Gasteiger partial charge on any atom is 0.330 e. The Bertz CT molecular complexity index is 440. The number of aryl methyl sites for hydroxylation is 1. The predicted octanol–water partition coefficient (Wildman–Crippen LogP) is 0.347. The van der Waals surface area contributed by atoms with E-state index in [1.54, 1.807) is 7.05 Å². The number of hydrogen-bond donors (Lipinski definition) is 0. The van der Waals surface area contributed by atoms with E-state index in [9.17, 15) is 9.59 Å². The first-order chi connectivity index (χ1) is 6.68. The number of hydrogen-bond acceptors (Lipinski definition) is 2. The van der Waals surface area contributed by atoms with Crippen LogP contribution in [0.2, 0.25) is 0 Å². The van der Waals surface area contributed by atoms with Crippen LogP contribution >= 0.6 is 0 Å². The Balaban J connectivity index is 2.25. The highest BCUT2D eigenvalue weighted by Crippen LogP contribution is 2.32. The first kappa shape index (κ1) is 9.24. The highest BCUT2D eigenvalue weighted by atomic mass is 16.2. The largest absolute Gasteiger partial charge is 0.330 e. The van der Waals surface area contributed by atoms with Crippen molar-refractivity contribution in [3.8, 4) is 0 Å². The van der Waals surface area contributed by atoms with Gasteiger partial charge >= 0.3 is 5.69 Å². The standard InChI is InChI=1S/C10H14N2O2/c1-11-6-5-9(13)12(10(11)14)7-4-8-2-3-8/h5-6,8H,2-4,7H2,1H3. The topological polar surface area (TPSA) is 44.0 Å². The second-order valence-corrected chi connectivity index (χ2v) is 3.93. The zero-order chi connectivity index (χ0) is 10.1. The number of nitrogens with zero attached hydrogens (tertiary/aromatic N) is 2. The van der Waals surface area contributed by atoms with Gasteiger partial charge in [-0.05, 0) is 12.3 Å². The van der Waals surface area contributed by atoms with E-state index in [4.69, 9.17) is 0 Å². The predicted molar refractivity (Wildman–Crippen MR) is 53.3 cm³/mol. The van der Waals surface area contributed by atoms with Crippen LogP contribution < -0.4 is 11.2 Å². The summed E-state index contributed by atoms with van der Waals surface area (Å²) in [5, 5.41) is 0. The van der Waals surface area contributed by atoms with E-state index < -0.39 is 0 Å². The average molecular weight is 194 g/mol. The van der Waals surface area contributed by atoms with Gasteiger partial charge in [0.25, 0.3) is 5.56 Å². The minimum atomic E-state index is -0.210. The molecule has 1 aliphatic rings. The molecule has 0 aromatic carbocycles. The average Bonchev–Trinajstić information content (AvgIpc) is 2.95. The first-order valence-corrected chi connectivity index (χ1v) is 4.95. The molecule has 1 aliphatic carbocycles. The van der Waals surface area contributed by atoms with Crippen LogP contribution in [0.25, 0.3) is 0 Å². The molecule has 1 heterocycles. The summed E-state index contributed by atoms with van der Waals surface area (Å²) >= 11 is 0. The molecule has 1 saturated carbocycles. The summed E-state index contributed by atoms with van der Waals surface area (Å²) in [6.07, 6.45) is 4.97. The Morgan fingerprint density at radius 2 is 2.14 bits per heavy atom. The molecular weight excluding hydrogens is 180 g/mol. The monoisotopic (exact) mass is 194 g/mol. The van der Waals surface area contributed by atoms with Crippen molar-refractivity contribution in [2.45, 2.75) is 25.8 Å². The maximum absolute atomic E-state index is 11.5. The lowest BCUT2D eigenvalue weighted by Crippen LogP contribution is -2.37. The molecule has 0 bridgehead atoms. The van der Waals surface area contributed by atoms with Gasteiger partial charge in [0, 0.05) is 25.9 Å². The molecule has 0 atom stereocenters. The van der Waals surface area contributed by atoms with Crippen LogP contribution in [0.5, 0.6) is 0 Å². The number of aromatic nitrogens is 2. The van der Waals surface area contributed by atoms with Crippen LogP contribution in [0, 0.1) is 5.92 Å². The summed E-state index contributed by atoms with van der Waals surface area (Å²) in [4.78, 5) is 22.9. The van der Waals surface area contributed by atoms with Crippen molar-refractivity contribution in [1.82, 2.24) is 9.13 Å². The highest BCUT2D eigenvalue weighted by Gasteiger charge is 2.21. The third-order valence-corrected chi connectivity index (χ3v) is 2.70. The summed E-state index contributed by atoms with van der Waals surface area (Å²) < 4.78 is 2.76. The molecule has 0 aliphatic heterocycles. The summed E-state index contributed by atoms with van der Waals surface area (Å²) in [6.45, 7) is 0.566. The minimum Gasteiger partial charge on any atom is -0.303 e. The molecule has 0 amide bonds. The molecule has 4 heteroatoms. The van der Waals surface area contributed by atoms with Gasteiger partial charge in [0.15, 0.2) is 0 Å². The summed E-state index contributed by atoms with van der Waals surface area (Å²) in [5.41, 5.74) is -0.396. The zero-order valence-corrected chi connectivity index (χ0v) is 8.27. The Kier molecular flexibility index (Phi) is 2.27. The molecule has 2 rings (SSSR count). The van der Waals surface area contributed by atoms with Crippen molar-refractivity contribution in [3.05, 3.63) is 33.1 Å². The first-order valence-electron chi connectivity index (χ1n) is 4.95. The molecule has 1 aromatic heterocycles. The van der Waals surface area contributed by atoms with Gasteiger partial charge in [-0.1, -0.05) is 12.8 Å². The van der Waals surface area contributed by atoms with Crippen LogP contribution in [0.4, 0.5) is 0 Å². The zero-order valence-electron chi connectivity index (χ0n) is 8.27. The van der Waals surface area contributed by atoms with E-state index in [1.165, 1.54) is 34.2 Å². The van der Waals surface area contributed by atoms with E-state index in [-0.39, 0.29) is 11.2 Å². The van der Waals surface area contributed by atoms with Gasteiger partial charge in [-0.25, -0.2) is 4.79 Å². The lowest BCUT2D eigenvalue weighted by Gasteiger charge is -2.05.